The van der Waals surface area contributed by atoms with Crippen molar-refractivity contribution in [3.63, 3.8) is 0 Å². The zero-order chi connectivity index (χ0) is 16.2. The van der Waals surface area contributed by atoms with Crippen molar-refractivity contribution < 1.29 is 18.7 Å². The van der Waals surface area contributed by atoms with Crippen LogP contribution in [0.2, 0.25) is 0 Å². The molecule has 2 aliphatic rings. The summed E-state index contributed by atoms with van der Waals surface area (Å²) in [4.78, 5) is 27.3. The van der Waals surface area contributed by atoms with Crippen LogP contribution < -0.4 is 10.2 Å². The number of urea groups is 1. The highest BCUT2D eigenvalue weighted by Gasteiger charge is 2.31. The first kappa shape index (κ1) is 15.7. The molecule has 0 bridgehead atoms. The summed E-state index contributed by atoms with van der Waals surface area (Å²) in [5.41, 5.74) is 0.638. The molecule has 2 heterocycles. The van der Waals surface area contributed by atoms with Crippen molar-refractivity contribution in [2.45, 2.75) is 18.9 Å². The molecule has 1 unspecified atom stereocenters. The Morgan fingerprint density at radius 3 is 2.78 bits per heavy atom. The van der Waals surface area contributed by atoms with Gasteiger partial charge in [0.2, 0.25) is 5.91 Å². The zero-order valence-electron chi connectivity index (χ0n) is 12.8. The fourth-order valence-corrected chi connectivity index (χ4v) is 2.85. The Kier molecular flexibility index (Phi) is 4.76. The molecule has 1 atom stereocenters. The molecular formula is C16H20FN3O3. The van der Waals surface area contributed by atoms with Gasteiger partial charge in [-0.05, 0) is 37.1 Å². The lowest BCUT2D eigenvalue weighted by atomic mass is 10.2. The van der Waals surface area contributed by atoms with Crippen LogP contribution in [-0.4, -0.2) is 55.7 Å². The van der Waals surface area contributed by atoms with Gasteiger partial charge in [0.15, 0.2) is 0 Å². The van der Waals surface area contributed by atoms with E-state index < -0.39 is 0 Å². The van der Waals surface area contributed by atoms with Crippen LogP contribution in [0.4, 0.5) is 14.9 Å². The largest absolute Gasteiger partial charge is 0.376 e. The summed E-state index contributed by atoms with van der Waals surface area (Å²) < 4.78 is 18.4. The molecule has 2 saturated heterocycles. The standard InChI is InChI=1S/C16H20FN3O3/c17-12-3-5-13(6-4-12)20-8-7-19(16(20)22)11-15(21)18-10-14-2-1-9-23-14/h3-6,14H,1-2,7-11H2,(H,18,21). The maximum absolute atomic E-state index is 13.0. The minimum atomic E-state index is -0.342. The Morgan fingerprint density at radius 1 is 1.30 bits per heavy atom. The Labute approximate surface area is 134 Å². The monoisotopic (exact) mass is 321 g/mol. The number of carbonyl (C=O) groups is 2. The van der Waals surface area contributed by atoms with Gasteiger partial charge < -0.3 is 15.0 Å². The van der Waals surface area contributed by atoms with Crippen molar-refractivity contribution in [3.8, 4) is 0 Å². The highest BCUT2D eigenvalue weighted by Crippen LogP contribution is 2.20. The third-order valence-corrected chi connectivity index (χ3v) is 4.12. The molecule has 0 spiro atoms. The Balaban J connectivity index is 1.50. The number of ether oxygens (including phenoxy) is 1. The van der Waals surface area contributed by atoms with Gasteiger partial charge in [-0.25, -0.2) is 9.18 Å². The maximum atomic E-state index is 13.0. The summed E-state index contributed by atoms with van der Waals surface area (Å²) in [5.74, 6) is -0.527. The SMILES string of the molecule is O=C(CN1CCN(c2ccc(F)cc2)C1=O)NCC1CCCO1. The molecule has 2 fully saturated rings. The first-order valence-electron chi connectivity index (χ1n) is 7.84. The number of hydrogen-bond acceptors (Lipinski definition) is 3. The number of amides is 3. The Morgan fingerprint density at radius 2 is 2.09 bits per heavy atom. The molecule has 0 saturated carbocycles. The van der Waals surface area contributed by atoms with Gasteiger partial charge in [0.05, 0.1) is 6.10 Å². The number of benzene rings is 1. The summed E-state index contributed by atoms with van der Waals surface area (Å²) in [6.45, 7) is 2.23. The second-order valence-corrected chi connectivity index (χ2v) is 5.77. The minimum absolute atomic E-state index is 0.0310. The molecule has 1 aromatic rings. The summed E-state index contributed by atoms with van der Waals surface area (Å²) in [6, 6.07) is 5.53. The molecule has 0 radical (unpaired) electrons. The number of anilines is 1. The van der Waals surface area contributed by atoms with Crippen LogP contribution in [0, 0.1) is 5.82 Å². The molecule has 1 N–H and O–H groups in total. The van der Waals surface area contributed by atoms with Crippen molar-refractivity contribution >= 4 is 17.6 Å². The predicted octanol–water partition coefficient (Wildman–Crippen LogP) is 1.36. The summed E-state index contributed by atoms with van der Waals surface area (Å²) in [5, 5.41) is 2.81. The molecule has 1 aromatic carbocycles. The molecule has 0 aliphatic carbocycles. The highest BCUT2D eigenvalue weighted by molar-refractivity contribution is 5.96. The predicted molar refractivity (Wildman–Crippen MR) is 82.7 cm³/mol. The number of carbonyl (C=O) groups excluding carboxylic acids is 2. The van der Waals surface area contributed by atoms with E-state index in [0.29, 0.717) is 25.3 Å². The van der Waals surface area contributed by atoms with Gasteiger partial charge in [-0.2, -0.15) is 0 Å². The van der Waals surface area contributed by atoms with Crippen molar-refractivity contribution in [2.75, 3.05) is 37.7 Å². The molecular weight excluding hydrogens is 301 g/mol. The van der Waals surface area contributed by atoms with Crippen molar-refractivity contribution in [3.05, 3.63) is 30.1 Å². The number of nitrogens with zero attached hydrogens (tertiary/aromatic N) is 2. The zero-order valence-corrected chi connectivity index (χ0v) is 12.8. The van der Waals surface area contributed by atoms with Crippen molar-refractivity contribution in [1.82, 2.24) is 10.2 Å². The lowest BCUT2D eigenvalue weighted by Crippen LogP contribution is -2.42. The van der Waals surface area contributed by atoms with Crippen LogP contribution >= 0.6 is 0 Å². The van der Waals surface area contributed by atoms with Crippen molar-refractivity contribution in [2.24, 2.45) is 0 Å². The van der Waals surface area contributed by atoms with Crippen LogP contribution in [0.3, 0.4) is 0 Å². The third kappa shape index (κ3) is 3.79. The third-order valence-electron chi connectivity index (χ3n) is 4.12. The lowest BCUT2D eigenvalue weighted by molar-refractivity contribution is -0.122. The molecule has 3 amide bonds. The Bertz CT molecular complexity index is 572. The molecule has 6 nitrogen and oxygen atoms in total. The second-order valence-electron chi connectivity index (χ2n) is 5.77. The topological polar surface area (TPSA) is 61.9 Å². The summed E-state index contributed by atoms with van der Waals surface area (Å²) >= 11 is 0. The molecule has 3 rings (SSSR count). The van der Waals surface area contributed by atoms with E-state index in [2.05, 4.69) is 5.32 Å². The van der Waals surface area contributed by atoms with Gasteiger partial charge in [0, 0.05) is 31.9 Å². The average molecular weight is 321 g/mol. The van der Waals surface area contributed by atoms with Crippen LogP contribution in [0.5, 0.6) is 0 Å². The van der Waals surface area contributed by atoms with Gasteiger partial charge in [-0.15, -0.1) is 0 Å². The number of nitrogens with one attached hydrogen (secondary N) is 1. The van der Waals surface area contributed by atoms with E-state index in [4.69, 9.17) is 4.74 Å². The Hall–Kier alpha value is -2.15. The van der Waals surface area contributed by atoms with Gasteiger partial charge >= 0.3 is 6.03 Å². The first-order chi connectivity index (χ1) is 11.1. The maximum Gasteiger partial charge on any atom is 0.325 e. The fraction of sp³-hybridized carbons (Fsp3) is 0.500. The van der Waals surface area contributed by atoms with Crippen LogP contribution in [-0.2, 0) is 9.53 Å². The quantitative estimate of drug-likeness (QED) is 0.891. The van der Waals surface area contributed by atoms with E-state index in [9.17, 15) is 14.0 Å². The van der Waals surface area contributed by atoms with Gasteiger partial charge in [-0.1, -0.05) is 0 Å². The molecule has 124 valence electrons. The van der Waals surface area contributed by atoms with Crippen LogP contribution in [0.25, 0.3) is 0 Å². The summed E-state index contributed by atoms with van der Waals surface area (Å²) in [7, 11) is 0. The van der Waals surface area contributed by atoms with Crippen LogP contribution in [0.1, 0.15) is 12.8 Å². The fourth-order valence-electron chi connectivity index (χ4n) is 2.85. The number of rotatable bonds is 5. The molecule has 2 aliphatic heterocycles. The van der Waals surface area contributed by atoms with E-state index in [0.717, 1.165) is 19.4 Å². The number of hydrogen-bond donors (Lipinski definition) is 1. The normalized spacial score (nSPS) is 21.1. The van der Waals surface area contributed by atoms with Crippen LogP contribution in [0.15, 0.2) is 24.3 Å². The lowest BCUT2D eigenvalue weighted by Gasteiger charge is -2.19. The van der Waals surface area contributed by atoms with E-state index >= 15 is 0 Å². The molecule has 23 heavy (non-hydrogen) atoms. The van der Waals surface area contributed by atoms with Crippen molar-refractivity contribution in [1.29, 1.82) is 0 Å². The second kappa shape index (κ2) is 6.95. The molecule has 0 aromatic heterocycles. The molecule has 7 heteroatoms. The number of halogens is 1. The van der Waals surface area contributed by atoms with Gasteiger partial charge in [-0.3, -0.25) is 9.69 Å². The van der Waals surface area contributed by atoms with Gasteiger partial charge in [0.25, 0.3) is 0 Å². The first-order valence-corrected chi connectivity index (χ1v) is 7.84. The van der Waals surface area contributed by atoms with E-state index in [1.54, 1.807) is 17.0 Å². The summed E-state index contributed by atoms with van der Waals surface area (Å²) in [6.07, 6.45) is 2.07. The van der Waals surface area contributed by atoms with Gasteiger partial charge in [0.1, 0.15) is 12.4 Å². The van der Waals surface area contributed by atoms with E-state index in [-0.39, 0.29) is 30.4 Å². The highest BCUT2D eigenvalue weighted by atomic mass is 19.1. The minimum Gasteiger partial charge on any atom is -0.376 e. The smallest absolute Gasteiger partial charge is 0.325 e. The van der Waals surface area contributed by atoms with E-state index in [1.165, 1.54) is 17.0 Å². The van der Waals surface area contributed by atoms with E-state index in [1.807, 2.05) is 0 Å². The average Bonchev–Trinajstić information content (AvgIpc) is 3.18.